The molecule has 0 aliphatic rings. The lowest BCUT2D eigenvalue weighted by atomic mass is 9.96. The summed E-state index contributed by atoms with van der Waals surface area (Å²) in [4.78, 5) is 23.9. The van der Waals surface area contributed by atoms with Crippen LogP contribution in [0.4, 0.5) is 0 Å². The second-order valence-electron chi connectivity index (χ2n) is 10.2. The van der Waals surface area contributed by atoms with Crippen LogP contribution in [0, 0.1) is 5.92 Å². The van der Waals surface area contributed by atoms with E-state index in [9.17, 15) is 14.7 Å². The predicted molar refractivity (Wildman–Crippen MR) is 138 cm³/mol. The molecule has 0 bridgehead atoms. The molecule has 6 nitrogen and oxygen atoms in total. The first-order chi connectivity index (χ1) is 15.0. The topological polar surface area (TPSA) is 84.9 Å². The maximum Gasteiger partial charge on any atom is 0.344 e. The van der Waals surface area contributed by atoms with Crippen LogP contribution < -0.4 is 5.32 Å². The van der Waals surface area contributed by atoms with E-state index in [1.54, 1.807) is 7.11 Å². The molecule has 0 aromatic heterocycles. The summed E-state index contributed by atoms with van der Waals surface area (Å²) in [7, 11) is -2.67. The average molecular weight is 490 g/mol. The average Bonchev–Trinajstić information content (AvgIpc) is 2.70. The van der Waals surface area contributed by atoms with Crippen LogP contribution in [0.1, 0.15) is 96.8 Å². The lowest BCUT2D eigenvalue weighted by Gasteiger charge is -2.33. The number of hydrogen-bond acceptors (Lipinski definition) is 4. The molecule has 32 heavy (non-hydrogen) atoms. The van der Waals surface area contributed by atoms with Crippen molar-refractivity contribution in [2.24, 2.45) is 5.92 Å². The Morgan fingerprint density at radius 2 is 1.31 bits per heavy atom. The van der Waals surface area contributed by atoms with E-state index in [0.717, 1.165) is 19.3 Å². The Morgan fingerprint density at radius 1 is 0.844 bits per heavy atom. The van der Waals surface area contributed by atoms with Crippen molar-refractivity contribution in [3.8, 4) is 0 Å². The molecular formula is C24H51NO5Si2. The summed E-state index contributed by atoms with van der Waals surface area (Å²) in [6, 6.07) is 0. The Balaban J connectivity index is 4.18. The van der Waals surface area contributed by atoms with Gasteiger partial charge in [-0.1, -0.05) is 84.0 Å². The van der Waals surface area contributed by atoms with Gasteiger partial charge in [0.05, 0.1) is 12.6 Å². The normalized spacial score (nSPS) is 14.7. The van der Waals surface area contributed by atoms with Gasteiger partial charge < -0.3 is 19.0 Å². The van der Waals surface area contributed by atoms with Crippen molar-refractivity contribution in [1.82, 2.24) is 5.32 Å². The highest BCUT2D eigenvalue weighted by Gasteiger charge is 2.36. The van der Waals surface area contributed by atoms with E-state index in [-0.39, 0.29) is 12.3 Å². The van der Waals surface area contributed by atoms with Crippen LogP contribution in [0.3, 0.4) is 0 Å². The van der Waals surface area contributed by atoms with E-state index in [0.29, 0.717) is 12.6 Å². The third-order valence-corrected chi connectivity index (χ3v) is 11.6. The van der Waals surface area contributed by atoms with Gasteiger partial charge in [0.25, 0.3) is 0 Å². The van der Waals surface area contributed by atoms with Crippen LogP contribution in [0.5, 0.6) is 0 Å². The molecule has 0 aliphatic carbocycles. The van der Waals surface area contributed by atoms with Crippen LogP contribution in [0.2, 0.25) is 26.2 Å². The van der Waals surface area contributed by atoms with Crippen LogP contribution in [-0.4, -0.2) is 47.1 Å². The summed E-state index contributed by atoms with van der Waals surface area (Å²) in [5.41, 5.74) is 0. The molecular weight excluding hydrogens is 438 g/mol. The molecule has 2 atom stereocenters. The summed E-state index contributed by atoms with van der Waals surface area (Å²) in [6.45, 7) is 10.5. The van der Waals surface area contributed by atoms with Crippen LogP contribution >= 0.6 is 0 Å². The van der Waals surface area contributed by atoms with Gasteiger partial charge in [-0.3, -0.25) is 9.59 Å². The second kappa shape index (κ2) is 17.7. The Kier molecular flexibility index (Phi) is 17.3. The molecule has 1 amide bonds. The van der Waals surface area contributed by atoms with Crippen LogP contribution in [0.15, 0.2) is 0 Å². The van der Waals surface area contributed by atoms with Gasteiger partial charge in [-0.25, -0.2) is 0 Å². The fraction of sp³-hybridized carbons (Fsp3) is 0.917. The van der Waals surface area contributed by atoms with Gasteiger partial charge >= 0.3 is 14.5 Å². The smallest absolute Gasteiger partial charge is 0.344 e. The lowest BCUT2D eigenvalue weighted by molar-refractivity contribution is -0.141. The van der Waals surface area contributed by atoms with Crippen LogP contribution in [-0.2, 0) is 18.1 Å². The lowest BCUT2D eigenvalue weighted by Crippen LogP contribution is -2.55. The highest BCUT2D eigenvalue weighted by Crippen LogP contribution is 2.18. The van der Waals surface area contributed by atoms with E-state index < -0.39 is 28.8 Å². The zero-order chi connectivity index (χ0) is 24.5. The van der Waals surface area contributed by atoms with Crippen molar-refractivity contribution in [3.05, 3.63) is 0 Å². The zero-order valence-electron chi connectivity index (χ0n) is 21.8. The molecule has 0 spiro atoms. The summed E-state index contributed by atoms with van der Waals surface area (Å²) in [5, 5.41) is 12.2. The minimum Gasteiger partial charge on any atom is -0.481 e. The number of hydrogen-bond donors (Lipinski definition) is 2. The van der Waals surface area contributed by atoms with Gasteiger partial charge in [0.15, 0.2) is 8.32 Å². The van der Waals surface area contributed by atoms with Gasteiger partial charge in [-0.05, 0) is 32.6 Å². The fourth-order valence-corrected chi connectivity index (χ4v) is 10.4. The summed E-state index contributed by atoms with van der Waals surface area (Å²) < 4.78 is 11.8. The molecule has 0 rings (SSSR count). The molecule has 0 aromatic rings. The van der Waals surface area contributed by atoms with Crippen LogP contribution in [0.25, 0.3) is 0 Å². The van der Waals surface area contributed by atoms with Crippen molar-refractivity contribution in [3.63, 3.8) is 0 Å². The molecule has 0 aliphatic heterocycles. The number of unbranched alkanes of at least 4 members (excludes halogenated alkanes) is 11. The van der Waals surface area contributed by atoms with Gasteiger partial charge in [-0.2, -0.15) is 0 Å². The SMILES string of the molecule is CCCCCCCCCCCCCCC(CC(=O)O)C(=O)NC[Si](C)(OC)O[Si](C)(C)C. The van der Waals surface area contributed by atoms with Crippen molar-refractivity contribution in [2.75, 3.05) is 13.3 Å². The number of carboxylic acids is 1. The minimum absolute atomic E-state index is 0.121. The first-order valence-corrected chi connectivity index (χ1v) is 18.7. The molecule has 0 saturated heterocycles. The van der Waals surface area contributed by atoms with Crippen molar-refractivity contribution < 1.29 is 23.2 Å². The van der Waals surface area contributed by atoms with Crippen molar-refractivity contribution in [1.29, 1.82) is 0 Å². The maximum absolute atomic E-state index is 12.7. The third-order valence-electron chi connectivity index (χ3n) is 5.74. The fourth-order valence-electron chi connectivity index (χ4n) is 3.96. The molecule has 8 heteroatoms. The highest BCUT2D eigenvalue weighted by molar-refractivity contribution is 6.82. The number of nitrogens with one attached hydrogen (secondary N) is 1. The molecule has 2 N–H and O–H groups in total. The Morgan fingerprint density at radius 3 is 1.72 bits per heavy atom. The van der Waals surface area contributed by atoms with Crippen molar-refractivity contribution >= 4 is 28.8 Å². The molecule has 0 aromatic carbocycles. The maximum atomic E-state index is 12.7. The van der Waals surface area contributed by atoms with E-state index in [1.807, 2.05) is 6.55 Å². The predicted octanol–water partition coefficient (Wildman–Crippen LogP) is 6.39. The minimum atomic E-state index is -2.49. The third kappa shape index (κ3) is 17.8. The number of aliphatic carboxylic acids is 1. The molecule has 0 saturated carbocycles. The van der Waals surface area contributed by atoms with Gasteiger partial charge in [0.1, 0.15) is 0 Å². The molecule has 190 valence electrons. The first-order valence-electron chi connectivity index (χ1n) is 12.8. The highest BCUT2D eigenvalue weighted by atomic mass is 28.4. The number of carbonyl (C=O) groups excluding carboxylic acids is 1. The summed E-state index contributed by atoms with van der Waals surface area (Å²) >= 11 is 0. The van der Waals surface area contributed by atoms with Crippen molar-refractivity contribution in [2.45, 2.75) is 123 Å². The molecule has 0 heterocycles. The molecule has 2 unspecified atom stereocenters. The Hall–Kier alpha value is -0.706. The summed E-state index contributed by atoms with van der Waals surface area (Å²) in [5.74, 6) is -1.60. The van der Waals surface area contributed by atoms with E-state index in [2.05, 4.69) is 31.9 Å². The van der Waals surface area contributed by atoms with E-state index in [4.69, 9.17) is 8.54 Å². The summed E-state index contributed by atoms with van der Waals surface area (Å²) in [6.07, 6.45) is 15.9. The Labute approximate surface area is 199 Å². The second-order valence-corrected chi connectivity index (χ2v) is 18.3. The van der Waals surface area contributed by atoms with E-state index >= 15 is 0 Å². The van der Waals surface area contributed by atoms with E-state index in [1.165, 1.54) is 57.8 Å². The van der Waals surface area contributed by atoms with Gasteiger partial charge in [0, 0.05) is 13.0 Å². The van der Waals surface area contributed by atoms with Gasteiger partial charge in [-0.15, -0.1) is 0 Å². The molecule has 0 radical (unpaired) electrons. The largest absolute Gasteiger partial charge is 0.481 e. The quantitative estimate of drug-likeness (QED) is 0.144. The number of rotatable bonds is 21. The standard InChI is InChI=1S/C24H51NO5Si2/c1-7-8-9-10-11-12-13-14-15-16-17-18-19-22(20-23(26)27)24(28)25-21-32(6,29-2)30-31(3,4)5/h22H,7-21H2,1-6H3,(H,25,28)(H,26,27). The molecule has 0 fully saturated rings. The first kappa shape index (κ1) is 31.3. The number of amides is 1. The Bertz CT molecular complexity index is 513. The monoisotopic (exact) mass is 489 g/mol. The van der Waals surface area contributed by atoms with Gasteiger partial charge in [0.2, 0.25) is 5.91 Å². The number of carbonyl (C=O) groups is 2. The number of carboxylic acid groups (broad SMARTS) is 1. The zero-order valence-corrected chi connectivity index (χ0v) is 23.8.